The van der Waals surface area contributed by atoms with Crippen molar-refractivity contribution >= 4 is 0 Å². The third kappa shape index (κ3) is 9.10. The molecule has 0 fully saturated rings. The van der Waals surface area contributed by atoms with Gasteiger partial charge < -0.3 is 5.43 Å². The van der Waals surface area contributed by atoms with E-state index in [1.807, 2.05) is 39.9 Å². The van der Waals surface area contributed by atoms with Crippen molar-refractivity contribution in [2.45, 2.75) is 26.3 Å². The number of rotatable bonds is 3. The Morgan fingerprint density at radius 3 is 2.25 bits per heavy atom. The Bertz CT molecular complexity index is 164. The summed E-state index contributed by atoms with van der Waals surface area (Å²) in [6.45, 7) is 6.01. The number of hydrogen-bond donors (Lipinski definition) is 1. The number of hydrazine groups is 1. The van der Waals surface area contributed by atoms with E-state index in [-0.39, 0.29) is 5.54 Å². The molecule has 4 heteroatoms. The van der Waals surface area contributed by atoms with Gasteiger partial charge in [0.25, 0.3) is 0 Å². The zero-order valence-electron chi connectivity index (χ0n) is 8.50. The van der Waals surface area contributed by atoms with Crippen LogP contribution in [-0.2, 0) is 0 Å². The van der Waals surface area contributed by atoms with Crippen LogP contribution in [0.15, 0.2) is 22.6 Å². The van der Waals surface area contributed by atoms with Gasteiger partial charge in [0.05, 0.1) is 11.7 Å². The average molecular weight is 170 g/mol. The molecule has 0 bridgehead atoms. The highest BCUT2D eigenvalue weighted by Crippen LogP contribution is 2.06. The Morgan fingerprint density at radius 2 is 1.83 bits per heavy atom. The van der Waals surface area contributed by atoms with Gasteiger partial charge in [-0.25, -0.2) is 5.01 Å². The summed E-state index contributed by atoms with van der Waals surface area (Å²) in [6.07, 6.45) is 3.36. The van der Waals surface area contributed by atoms with Crippen LogP contribution in [0.1, 0.15) is 20.8 Å². The summed E-state index contributed by atoms with van der Waals surface area (Å²) in [4.78, 5) is 0. The molecule has 0 aliphatic heterocycles. The smallest absolute Gasteiger partial charge is 0.0736 e. The normalized spacial score (nSPS) is 13.5. The molecule has 0 unspecified atom stereocenters. The highest BCUT2D eigenvalue weighted by Gasteiger charge is 2.04. The van der Waals surface area contributed by atoms with Crippen LogP contribution in [0.3, 0.4) is 0 Å². The van der Waals surface area contributed by atoms with Crippen LogP contribution >= 0.6 is 0 Å². The fraction of sp³-hybridized carbons (Fsp3) is 0.750. The lowest BCUT2D eigenvalue weighted by atomic mass is 10.1. The standard InChI is InChI=1S/C8H18N4/c1-8(2,3)11-9-6-7-10-12(4)5/h6-7,10H,1-5H3. The molecule has 0 rings (SSSR count). The molecule has 12 heavy (non-hydrogen) atoms. The van der Waals surface area contributed by atoms with Gasteiger partial charge in [0, 0.05) is 20.3 Å². The van der Waals surface area contributed by atoms with Gasteiger partial charge in [-0.2, -0.15) is 10.2 Å². The van der Waals surface area contributed by atoms with Crippen LogP contribution < -0.4 is 5.43 Å². The van der Waals surface area contributed by atoms with Gasteiger partial charge in [0.15, 0.2) is 0 Å². The van der Waals surface area contributed by atoms with Gasteiger partial charge in [-0.1, -0.05) is 0 Å². The average Bonchev–Trinajstić information content (AvgIpc) is 1.83. The lowest BCUT2D eigenvalue weighted by Gasteiger charge is -2.08. The van der Waals surface area contributed by atoms with Crippen molar-refractivity contribution in [2.24, 2.45) is 10.2 Å². The van der Waals surface area contributed by atoms with Crippen molar-refractivity contribution in [1.29, 1.82) is 0 Å². The molecule has 0 aromatic rings. The predicted molar refractivity (Wildman–Crippen MR) is 50.6 cm³/mol. The van der Waals surface area contributed by atoms with E-state index >= 15 is 0 Å². The molecule has 4 nitrogen and oxygen atoms in total. The first kappa shape index (κ1) is 11.1. The first-order valence-corrected chi connectivity index (χ1v) is 3.92. The fourth-order valence-electron chi connectivity index (χ4n) is 0.422. The van der Waals surface area contributed by atoms with Crippen molar-refractivity contribution in [3.05, 3.63) is 12.4 Å². The minimum Gasteiger partial charge on any atom is -0.325 e. The van der Waals surface area contributed by atoms with Crippen molar-refractivity contribution in [1.82, 2.24) is 10.4 Å². The molecule has 0 saturated heterocycles. The van der Waals surface area contributed by atoms with Gasteiger partial charge in [-0.05, 0) is 20.8 Å². The maximum Gasteiger partial charge on any atom is 0.0736 e. The highest BCUT2D eigenvalue weighted by molar-refractivity contribution is 4.76. The van der Waals surface area contributed by atoms with E-state index in [4.69, 9.17) is 0 Å². The van der Waals surface area contributed by atoms with Gasteiger partial charge >= 0.3 is 0 Å². The minimum atomic E-state index is -0.0948. The van der Waals surface area contributed by atoms with Crippen LogP contribution in [0.25, 0.3) is 0 Å². The summed E-state index contributed by atoms with van der Waals surface area (Å²) < 4.78 is 0. The molecule has 0 aliphatic rings. The molecule has 0 spiro atoms. The Kier molecular flexibility index (Phi) is 4.51. The maximum atomic E-state index is 4.03. The molecular formula is C8H18N4. The largest absolute Gasteiger partial charge is 0.325 e. The summed E-state index contributed by atoms with van der Waals surface area (Å²) in [5, 5.41) is 9.73. The van der Waals surface area contributed by atoms with Crippen molar-refractivity contribution in [3.8, 4) is 0 Å². The quantitative estimate of drug-likeness (QED) is 0.518. The third-order valence-corrected chi connectivity index (χ3v) is 0.832. The SMILES string of the molecule is CN(C)NC=CN=NC(C)(C)C. The molecule has 0 heterocycles. The molecule has 0 atom stereocenters. The minimum absolute atomic E-state index is 0.0948. The molecule has 0 aliphatic carbocycles. The summed E-state index contributed by atoms with van der Waals surface area (Å²) >= 11 is 0. The molecule has 0 aromatic heterocycles. The molecule has 70 valence electrons. The van der Waals surface area contributed by atoms with Crippen LogP contribution in [0.4, 0.5) is 0 Å². The van der Waals surface area contributed by atoms with Crippen LogP contribution in [0, 0.1) is 0 Å². The molecule has 0 amide bonds. The van der Waals surface area contributed by atoms with Gasteiger partial charge in [0.1, 0.15) is 0 Å². The maximum absolute atomic E-state index is 4.03. The van der Waals surface area contributed by atoms with E-state index in [1.165, 1.54) is 0 Å². The number of hydrogen-bond acceptors (Lipinski definition) is 4. The van der Waals surface area contributed by atoms with Crippen LogP contribution in [0.5, 0.6) is 0 Å². The topological polar surface area (TPSA) is 40.0 Å². The summed E-state index contributed by atoms with van der Waals surface area (Å²) in [6, 6.07) is 0. The van der Waals surface area contributed by atoms with Gasteiger partial charge in [-0.15, -0.1) is 0 Å². The predicted octanol–water partition coefficient (Wildman–Crippen LogP) is 1.77. The zero-order valence-corrected chi connectivity index (χ0v) is 8.50. The van der Waals surface area contributed by atoms with E-state index in [9.17, 15) is 0 Å². The van der Waals surface area contributed by atoms with E-state index < -0.39 is 0 Å². The van der Waals surface area contributed by atoms with Gasteiger partial charge in [-0.3, -0.25) is 0 Å². The van der Waals surface area contributed by atoms with Crippen molar-refractivity contribution in [2.75, 3.05) is 14.1 Å². The van der Waals surface area contributed by atoms with Crippen LogP contribution in [-0.4, -0.2) is 24.6 Å². The van der Waals surface area contributed by atoms with E-state index in [2.05, 4.69) is 15.7 Å². The van der Waals surface area contributed by atoms with Crippen molar-refractivity contribution in [3.63, 3.8) is 0 Å². The summed E-state index contributed by atoms with van der Waals surface area (Å²) in [5.41, 5.74) is 2.84. The number of azo groups is 1. The second kappa shape index (κ2) is 4.87. The summed E-state index contributed by atoms with van der Waals surface area (Å²) in [5.74, 6) is 0. The Balaban J connectivity index is 3.67. The molecular weight excluding hydrogens is 152 g/mol. The molecule has 1 N–H and O–H groups in total. The first-order valence-electron chi connectivity index (χ1n) is 3.92. The van der Waals surface area contributed by atoms with Crippen molar-refractivity contribution < 1.29 is 0 Å². The first-order chi connectivity index (χ1) is 5.42. The summed E-state index contributed by atoms with van der Waals surface area (Å²) in [7, 11) is 3.82. The fourth-order valence-corrected chi connectivity index (χ4v) is 0.422. The monoisotopic (exact) mass is 170 g/mol. The highest BCUT2D eigenvalue weighted by atomic mass is 15.5. The molecule has 0 saturated carbocycles. The zero-order chi connectivity index (χ0) is 9.61. The molecule has 0 aromatic carbocycles. The van der Waals surface area contributed by atoms with Gasteiger partial charge in [0.2, 0.25) is 0 Å². The molecule has 0 radical (unpaired) electrons. The Labute approximate surface area is 74.3 Å². The second-order valence-corrected chi connectivity index (χ2v) is 3.73. The van der Waals surface area contributed by atoms with E-state index in [1.54, 1.807) is 12.4 Å². The van der Waals surface area contributed by atoms with Crippen LogP contribution in [0.2, 0.25) is 0 Å². The third-order valence-electron chi connectivity index (χ3n) is 0.832. The Hall–Kier alpha value is -0.900. The second-order valence-electron chi connectivity index (χ2n) is 3.73. The van der Waals surface area contributed by atoms with E-state index in [0.717, 1.165) is 0 Å². The number of nitrogens with zero attached hydrogens (tertiary/aromatic N) is 3. The lowest BCUT2D eigenvalue weighted by molar-refractivity contribution is 0.342. The number of nitrogens with one attached hydrogen (secondary N) is 1. The van der Waals surface area contributed by atoms with E-state index in [0.29, 0.717) is 0 Å². The lowest BCUT2D eigenvalue weighted by Crippen LogP contribution is -2.24. The Morgan fingerprint density at radius 1 is 1.25 bits per heavy atom.